The van der Waals surface area contributed by atoms with Crippen molar-refractivity contribution in [2.75, 3.05) is 7.11 Å². The molecule has 2 aromatic heterocycles. The molecule has 0 spiro atoms. The van der Waals surface area contributed by atoms with E-state index in [1.165, 1.54) is 0 Å². The predicted molar refractivity (Wildman–Crippen MR) is 162 cm³/mol. The van der Waals surface area contributed by atoms with E-state index >= 15 is 0 Å². The van der Waals surface area contributed by atoms with Crippen molar-refractivity contribution in [3.05, 3.63) is 69.9 Å². The largest absolute Gasteiger partial charge is 0.501 e. The van der Waals surface area contributed by atoms with Gasteiger partial charge in [0, 0.05) is 20.0 Å². The van der Waals surface area contributed by atoms with Gasteiger partial charge in [-0.3, -0.25) is 4.90 Å². The maximum atomic E-state index is 11.6. The van der Waals surface area contributed by atoms with Gasteiger partial charge in [0.05, 0.1) is 30.8 Å². The Hall–Kier alpha value is -3.99. The van der Waals surface area contributed by atoms with Crippen LogP contribution in [0.25, 0.3) is 5.70 Å². The fraction of sp³-hybridized carbons (Fsp3) is 0.516. The van der Waals surface area contributed by atoms with Gasteiger partial charge in [0.15, 0.2) is 5.60 Å². The molecule has 0 radical (unpaired) electrons. The lowest BCUT2D eigenvalue weighted by atomic mass is 10.0. The summed E-state index contributed by atoms with van der Waals surface area (Å²) < 4.78 is 16.8. The van der Waals surface area contributed by atoms with E-state index in [4.69, 9.17) is 19.0 Å². The zero-order valence-corrected chi connectivity index (χ0v) is 26.9. The highest BCUT2D eigenvalue weighted by molar-refractivity contribution is 5.77. The van der Waals surface area contributed by atoms with Crippen molar-refractivity contribution in [1.29, 1.82) is 0 Å². The van der Waals surface area contributed by atoms with E-state index in [0.29, 0.717) is 37.2 Å². The van der Waals surface area contributed by atoms with Gasteiger partial charge in [-0.2, -0.15) is 15.0 Å². The molecule has 3 rings (SSSR count). The number of aromatic nitrogens is 5. The number of carbonyl (C=O) groups is 1. The van der Waals surface area contributed by atoms with E-state index in [1.54, 1.807) is 32.7 Å². The Bertz CT molecular complexity index is 1380. The molecule has 1 aromatic carbocycles. The van der Waals surface area contributed by atoms with Gasteiger partial charge in [-0.05, 0) is 76.8 Å². The molecule has 42 heavy (non-hydrogen) atoms. The maximum absolute atomic E-state index is 11.6. The number of nitrogens with zero attached hydrogens (tertiary/aromatic N) is 6. The number of ether oxygens (including phenoxy) is 2. The van der Waals surface area contributed by atoms with Crippen molar-refractivity contribution in [3.63, 3.8) is 0 Å². The summed E-state index contributed by atoms with van der Waals surface area (Å²) >= 11 is 0. The number of aliphatic carboxylic acids is 1. The quantitative estimate of drug-likeness (QED) is 0.185. The van der Waals surface area contributed by atoms with E-state index in [-0.39, 0.29) is 0 Å². The van der Waals surface area contributed by atoms with Crippen molar-refractivity contribution >= 4 is 11.7 Å². The normalized spacial score (nSPS) is 12.3. The number of rotatable bonds is 13. The van der Waals surface area contributed by atoms with Crippen LogP contribution in [-0.2, 0) is 29.2 Å². The van der Waals surface area contributed by atoms with E-state index in [2.05, 4.69) is 27.1 Å². The van der Waals surface area contributed by atoms with Gasteiger partial charge >= 0.3 is 5.97 Å². The van der Waals surface area contributed by atoms with Gasteiger partial charge < -0.3 is 19.0 Å². The summed E-state index contributed by atoms with van der Waals surface area (Å²) in [6.45, 7) is 20.1. The van der Waals surface area contributed by atoms with Gasteiger partial charge in [-0.15, -0.1) is 10.2 Å². The summed E-state index contributed by atoms with van der Waals surface area (Å²) in [6.07, 6.45) is 4.61. The van der Waals surface area contributed by atoms with Gasteiger partial charge in [0.1, 0.15) is 11.4 Å². The molecule has 0 aliphatic rings. The van der Waals surface area contributed by atoms with Crippen LogP contribution in [0.2, 0.25) is 0 Å². The molecule has 0 amide bonds. The Morgan fingerprint density at radius 1 is 1.05 bits per heavy atom. The summed E-state index contributed by atoms with van der Waals surface area (Å²) in [5.74, 6) is 1.36. The summed E-state index contributed by atoms with van der Waals surface area (Å²) in [6, 6.07) is 4.02. The van der Waals surface area contributed by atoms with Crippen molar-refractivity contribution in [2.45, 2.75) is 101 Å². The van der Waals surface area contributed by atoms with Crippen LogP contribution in [0.4, 0.5) is 0 Å². The van der Waals surface area contributed by atoms with Crippen LogP contribution >= 0.6 is 0 Å². The second-order valence-corrected chi connectivity index (χ2v) is 10.4. The lowest BCUT2D eigenvalue weighted by Gasteiger charge is -2.25. The third-order valence-corrected chi connectivity index (χ3v) is 6.43. The summed E-state index contributed by atoms with van der Waals surface area (Å²) in [7, 11) is 1.64. The second kappa shape index (κ2) is 15.3. The monoisotopic (exact) mass is 582 g/mol. The number of carboxylic acids is 1. The molecule has 11 heteroatoms. The van der Waals surface area contributed by atoms with Crippen molar-refractivity contribution in [1.82, 2.24) is 30.1 Å². The van der Waals surface area contributed by atoms with Crippen LogP contribution in [-0.4, -0.2) is 53.9 Å². The van der Waals surface area contributed by atoms with E-state index in [0.717, 1.165) is 46.0 Å². The summed E-state index contributed by atoms with van der Waals surface area (Å²) in [5.41, 5.74) is 4.01. The zero-order chi connectivity index (χ0) is 31.6. The fourth-order valence-corrected chi connectivity index (χ4v) is 4.11. The van der Waals surface area contributed by atoms with Crippen LogP contribution in [0.3, 0.4) is 0 Å². The lowest BCUT2D eigenvalue weighted by molar-refractivity contribution is -0.152. The molecule has 11 nitrogen and oxygen atoms in total. The number of hydrogen-bond acceptors (Lipinski definition) is 9. The number of benzene rings is 1. The zero-order valence-electron chi connectivity index (χ0n) is 26.9. The standard InChI is InChI=1S/C29H40N6O5.C2H6/c1-10-24(12-11-20(4)38-9)35-32-21(5)25(33-35)16-34(17-26-31-30-22(6)39-26)15-23-13-18(2)27(19(3)14-23)40-29(7,8)28(36)37;1-2/h11-14H,10,15-17H2,1-9H3,(H,36,37);1-2H3/b20-11+,24-12+;. The van der Waals surface area contributed by atoms with Gasteiger partial charge in [0.25, 0.3) is 0 Å². The topological polar surface area (TPSA) is 129 Å². The fourth-order valence-electron chi connectivity index (χ4n) is 4.11. The Labute approximate surface area is 249 Å². The summed E-state index contributed by atoms with van der Waals surface area (Å²) in [5, 5.41) is 27.1. The third-order valence-electron chi connectivity index (χ3n) is 6.43. The van der Waals surface area contributed by atoms with Crippen LogP contribution < -0.4 is 4.74 Å². The molecule has 0 unspecified atom stereocenters. The highest BCUT2D eigenvalue weighted by Crippen LogP contribution is 2.29. The molecule has 0 saturated carbocycles. The van der Waals surface area contributed by atoms with E-state index in [9.17, 15) is 9.90 Å². The van der Waals surface area contributed by atoms with Gasteiger partial charge in [-0.1, -0.05) is 32.9 Å². The molecule has 3 aromatic rings. The molecular formula is C31H46N6O5. The third kappa shape index (κ3) is 9.27. The van der Waals surface area contributed by atoms with Gasteiger partial charge in [-0.25, -0.2) is 4.79 Å². The molecule has 2 heterocycles. The molecule has 0 fully saturated rings. The number of methoxy groups -OCH3 is 1. The molecule has 1 N–H and O–H groups in total. The Morgan fingerprint density at radius 2 is 1.69 bits per heavy atom. The van der Waals surface area contributed by atoms with Crippen LogP contribution in [0, 0.1) is 27.7 Å². The predicted octanol–water partition coefficient (Wildman–Crippen LogP) is 6.17. The van der Waals surface area contributed by atoms with Crippen molar-refractivity contribution < 1.29 is 23.8 Å². The molecule has 0 atom stereocenters. The van der Waals surface area contributed by atoms with Crippen LogP contribution in [0.5, 0.6) is 5.75 Å². The smallest absolute Gasteiger partial charge is 0.347 e. The first kappa shape index (κ1) is 34.2. The molecule has 0 aliphatic carbocycles. The lowest BCUT2D eigenvalue weighted by Crippen LogP contribution is -2.38. The highest BCUT2D eigenvalue weighted by atomic mass is 16.5. The number of carboxylic acid groups (broad SMARTS) is 1. The summed E-state index contributed by atoms with van der Waals surface area (Å²) in [4.78, 5) is 15.4. The van der Waals surface area contributed by atoms with Crippen molar-refractivity contribution in [2.24, 2.45) is 0 Å². The first-order valence-corrected chi connectivity index (χ1v) is 14.2. The van der Waals surface area contributed by atoms with Crippen LogP contribution in [0.1, 0.15) is 87.8 Å². The Morgan fingerprint density at radius 3 is 2.21 bits per heavy atom. The minimum absolute atomic E-state index is 0.418. The molecule has 0 bridgehead atoms. The van der Waals surface area contributed by atoms with Crippen LogP contribution in [0.15, 0.2) is 34.5 Å². The molecular weight excluding hydrogens is 536 g/mol. The van der Waals surface area contributed by atoms with Crippen molar-refractivity contribution in [3.8, 4) is 5.75 Å². The van der Waals surface area contributed by atoms with E-state index < -0.39 is 11.6 Å². The number of aryl methyl sites for hydroxylation is 4. The second-order valence-electron chi connectivity index (χ2n) is 10.4. The average Bonchev–Trinajstić information content (AvgIpc) is 3.51. The first-order chi connectivity index (χ1) is 19.8. The molecule has 0 saturated heterocycles. The Balaban J connectivity index is 0.00000301. The Kier molecular flexibility index (Phi) is 12.5. The minimum Gasteiger partial charge on any atom is -0.501 e. The SMILES string of the molecule is CC.CC/C(=C\C=C(/C)OC)n1nc(C)c(CN(Cc2cc(C)c(OC(C)(C)C(=O)O)c(C)c2)Cc2nnc(C)o2)n1. The molecule has 230 valence electrons. The average molecular weight is 583 g/mol. The highest BCUT2D eigenvalue weighted by Gasteiger charge is 2.30. The van der Waals surface area contributed by atoms with Gasteiger partial charge in [0.2, 0.25) is 11.8 Å². The molecule has 0 aliphatic heterocycles. The first-order valence-electron chi connectivity index (χ1n) is 14.2. The maximum Gasteiger partial charge on any atom is 0.347 e. The minimum atomic E-state index is -1.34. The van der Waals surface area contributed by atoms with E-state index in [1.807, 2.05) is 65.8 Å². The number of hydrogen-bond donors (Lipinski definition) is 1. The number of allylic oxidation sites excluding steroid dienone is 4.